The van der Waals surface area contributed by atoms with E-state index in [2.05, 4.69) is 16.0 Å². The van der Waals surface area contributed by atoms with Gasteiger partial charge in [-0.1, -0.05) is 18.2 Å². The molecule has 1 aromatic rings. The van der Waals surface area contributed by atoms with Crippen LogP contribution in [0.1, 0.15) is 77.5 Å². The Morgan fingerprint density at radius 2 is 0.651 bits per heavy atom. The van der Waals surface area contributed by atoms with E-state index in [1.54, 1.807) is 18.2 Å². The second kappa shape index (κ2) is 21.0. The van der Waals surface area contributed by atoms with Gasteiger partial charge in [0.05, 0.1) is 34.3 Å². The van der Waals surface area contributed by atoms with E-state index in [0.29, 0.717) is 16.7 Å². The molecule has 0 unspecified atom stereocenters. The molecule has 342 valence electrons. The lowest BCUT2D eigenvalue weighted by atomic mass is 10.0. The largest absolute Gasteiger partial charge is 0.481 e. The van der Waals surface area contributed by atoms with Crippen LogP contribution in [0.25, 0.3) is 0 Å². The monoisotopic (exact) mass is 939 g/mol. The summed E-state index contributed by atoms with van der Waals surface area (Å²) in [6.45, 7) is 7.77. The van der Waals surface area contributed by atoms with Gasteiger partial charge in [0.25, 0.3) is 17.4 Å². The quantitative estimate of drug-likeness (QED) is 0.0447. The number of carboxylic acid groups (broad SMARTS) is 3. The van der Waals surface area contributed by atoms with Gasteiger partial charge in [-0.2, -0.15) is 0 Å². The van der Waals surface area contributed by atoms with Gasteiger partial charge in [0.15, 0.2) is 16.7 Å². The first-order chi connectivity index (χ1) is 29.3. The normalized spacial score (nSPS) is 17.5. The summed E-state index contributed by atoms with van der Waals surface area (Å²) < 4.78 is 31.6. The molecule has 0 bridgehead atoms. The molecule has 0 aromatic heterocycles. The van der Waals surface area contributed by atoms with Gasteiger partial charge in [-0.25, -0.2) is 28.8 Å². The molecule has 0 radical (unpaired) electrons. The molecule has 0 spiro atoms. The fourth-order valence-corrected chi connectivity index (χ4v) is 8.46. The van der Waals surface area contributed by atoms with Crippen molar-refractivity contribution in [1.29, 1.82) is 0 Å². The van der Waals surface area contributed by atoms with E-state index in [0.717, 1.165) is 35.3 Å². The molecule has 1 aromatic carbocycles. The van der Waals surface area contributed by atoms with Crippen LogP contribution in [-0.4, -0.2) is 104 Å². The number of carbonyl (C=O) groups is 9. The molecular formula is C39H45N3O18S3. The Morgan fingerprint density at radius 3 is 0.841 bits per heavy atom. The molecule has 3 aliphatic rings. The summed E-state index contributed by atoms with van der Waals surface area (Å²) in [5.74, 6) is -14.4. The molecule has 3 saturated heterocycles. The third-order valence-corrected chi connectivity index (χ3v) is 11.2. The molecule has 0 saturated carbocycles. The zero-order valence-corrected chi connectivity index (χ0v) is 37.2. The number of esters is 6. The zero-order valence-electron chi connectivity index (χ0n) is 34.8. The van der Waals surface area contributed by atoms with E-state index in [1.807, 2.05) is 0 Å². The van der Waals surface area contributed by atoms with Gasteiger partial charge in [-0.3, -0.25) is 14.4 Å². The summed E-state index contributed by atoms with van der Waals surface area (Å²) in [6.07, 6.45) is -1.01. The maximum atomic E-state index is 13.0. The number of carbonyl (C=O) groups excluding carboxylic acids is 6. The number of thioether (sulfide) groups is 3. The number of benzene rings is 1. The second-order valence-electron chi connectivity index (χ2n) is 14.8. The summed E-state index contributed by atoms with van der Waals surface area (Å²) in [4.78, 5) is 112. The zero-order chi connectivity index (χ0) is 46.9. The van der Waals surface area contributed by atoms with Crippen molar-refractivity contribution in [2.24, 2.45) is 0 Å². The van der Waals surface area contributed by atoms with E-state index in [4.69, 9.17) is 28.4 Å². The van der Waals surface area contributed by atoms with E-state index in [1.165, 1.54) is 41.5 Å². The van der Waals surface area contributed by atoms with Gasteiger partial charge >= 0.3 is 53.7 Å². The van der Waals surface area contributed by atoms with Crippen molar-refractivity contribution in [2.75, 3.05) is 17.3 Å². The van der Waals surface area contributed by atoms with Crippen LogP contribution >= 0.6 is 35.3 Å². The van der Waals surface area contributed by atoms with Crippen LogP contribution in [0.3, 0.4) is 0 Å². The smallest absolute Gasteiger partial charge is 0.351 e. The fraction of sp³-hybridized carbons (Fsp3) is 0.462. The van der Waals surface area contributed by atoms with Gasteiger partial charge < -0.3 is 59.7 Å². The Kier molecular flexibility index (Phi) is 16.6. The summed E-state index contributed by atoms with van der Waals surface area (Å²) in [6, 6.07) is 4.95. The minimum Gasteiger partial charge on any atom is -0.481 e. The van der Waals surface area contributed by atoms with Crippen LogP contribution in [0.15, 0.2) is 50.0 Å². The maximum Gasteiger partial charge on any atom is 0.351 e. The molecule has 3 fully saturated rings. The Balaban J connectivity index is 1.76. The molecule has 0 amide bonds. The average molecular weight is 940 g/mol. The highest BCUT2D eigenvalue weighted by molar-refractivity contribution is 8.03. The highest BCUT2D eigenvalue weighted by Crippen LogP contribution is 2.32. The lowest BCUT2D eigenvalue weighted by Crippen LogP contribution is -2.43. The molecule has 3 heterocycles. The van der Waals surface area contributed by atoms with E-state index >= 15 is 0 Å². The molecule has 21 nitrogen and oxygen atoms in total. The predicted molar refractivity (Wildman–Crippen MR) is 221 cm³/mol. The number of nitrogens with one attached hydrogen (secondary N) is 3. The van der Waals surface area contributed by atoms with Crippen LogP contribution in [0.5, 0.6) is 0 Å². The summed E-state index contributed by atoms with van der Waals surface area (Å²) in [5.41, 5.74) is -0.138. The number of rotatable bonds is 21. The fourth-order valence-electron chi connectivity index (χ4n) is 5.56. The topological polar surface area (TPSA) is 306 Å². The second-order valence-corrected chi connectivity index (χ2v) is 18.2. The number of carboxylic acids is 3. The van der Waals surface area contributed by atoms with E-state index in [9.17, 15) is 58.5 Å². The number of aliphatic carboxylic acids is 3. The van der Waals surface area contributed by atoms with Gasteiger partial charge in [0.2, 0.25) is 0 Å². The third kappa shape index (κ3) is 14.9. The van der Waals surface area contributed by atoms with Crippen LogP contribution < -0.4 is 16.0 Å². The van der Waals surface area contributed by atoms with Crippen molar-refractivity contribution >= 4 is 89.0 Å². The average Bonchev–Trinajstić information content (AvgIpc) is 3.11. The van der Waals surface area contributed by atoms with Crippen LogP contribution in [0.2, 0.25) is 0 Å². The van der Waals surface area contributed by atoms with Crippen molar-refractivity contribution < 1.29 is 86.9 Å². The minimum atomic E-state index is -1.57. The SMILES string of the molecule is CC1(C)OC(=O)C(=C(NCc2cc(CNC(SCCC(=O)O)=C3C(=O)OC(C)(C)OC3=O)cc(CNC(SCCC(=O)O)=C3C(=O)OC(C)(C)OC3=O)c2)SCCC(=O)O)C(=O)O1. The molecule has 3 aliphatic heterocycles. The molecule has 6 N–H and O–H groups in total. The van der Waals surface area contributed by atoms with Crippen molar-refractivity contribution in [3.05, 3.63) is 66.7 Å². The van der Waals surface area contributed by atoms with Crippen molar-refractivity contribution in [1.82, 2.24) is 16.0 Å². The standard InChI is InChI=1S/C39H45N3O18S3/c1-37(2)55-31(49)25(32(50)56-37)28(61-10-7-22(43)44)40-16-19-13-20(17-41-29(62-11-8-23(45)46)26-33(51)57-38(3,4)58-34(26)52)15-21(14-19)18-42-30(63-12-9-24(47)48)27-35(53)59-39(5,6)60-36(27)54/h13-15,40-42H,7-12,16-18H2,1-6H3,(H,43,44)(H,45,46)(H,47,48). The molecule has 63 heavy (non-hydrogen) atoms. The van der Waals surface area contributed by atoms with Crippen molar-refractivity contribution in [3.8, 4) is 0 Å². The number of hydrogen-bond acceptors (Lipinski definition) is 21. The Labute approximate surface area is 372 Å². The van der Waals surface area contributed by atoms with E-state index < -0.39 is 87.8 Å². The molecular weight excluding hydrogens is 895 g/mol. The van der Waals surface area contributed by atoms with Gasteiger partial charge in [0.1, 0.15) is 0 Å². The molecule has 4 rings (SSSR count). The number of cyclic esters (lactones) is 6. The van der Waals surface area contributed by atoms with Crippen molar-refractivity contribution in [3.63, 3.8) is 0 Å². The van der Waals surface area contributed by atoms with Crippen LogP contribution in [0, 0.1) is 0 Å². The van der Waals surface area contributed by atoms with Gasteiger partial charge in [0, 0.05) is 78.4 Å². The number of hydrogen-bond donors (Lipinski definition) is 6. The van der Waals surface area contributed by atoms with Gasteiger partial charge in [-0.15, -0.1) is 35.3 Å². The van der Waals surface area contributed by atoms with Crippen LogP contribution in [0.4, 0.5) is 0 Å². The lowest BCUT2D eigenvalue weighted by molar-refractivity contribution is -0.224. The Bertz CT molecular complexity index is 1860. The molecule has 24 heteroatoms. The first-order valence-electron chi connectivity index (χ1n) is 18.8. The summed E-state index contributed by atoms with van der Waals surface area (Å²) in [7, 11) is 0. The first-order valence-corrected chi connectivity index (χ1v) is 21.8. The molecule has 0 atom stereocenters. The predicted octanol–water partition coefficient (Wildman–Crippen LogP) is 2.72. The summed E-state index contributed by atoms with van der Waals surface area (Å²) in [5, 5.41) is 36.6. The molecule has 0 aliphatic carbocycles. The maximum absolute atomic E-state index is 13.0. The minimum absolute atomic E-state index is 0.0526. The van der Waals surface area contributed by atoms with Crippen LogP contribution in [-0.2, 0) is 91.2 Å². The number of ether oxygens (including phenoxy) is 6. The Hall–Kier alpha value is -5.88. The highest BCUT2D eigenvalue weighted by atomic mass is 32.2. The lowest BCUT2D eigenvalue weighted by Gasteiger charge is -2.31. The van der Waals surface area contributed by atoms with Crippen molar-refractivity contribution in [2.45, 2.75) is 97.8 Å². The third-order valence-electron chi connectivity index (χ3n) is 8.10. The van der Waals surface area contributed by atoms with E-state index in [-0.39, 0.29) is 71.2 Å². The summed E-state index contributed by atoms with van der Waals surface area (Å²) >= 11 is 2.57. The van der Waals surface area contributed by atoms with Gasteiger partial charge in [-0.05, 0) is 16.7 Å². The Morgan fingerprint density at radius 1 is 0.444 bits per heavy atom. The highest BCUT2D eigenvalue weighted by Gasteiger charge is 2.43. The first kappa shape index (κ1) is 49.8.